The van der Waals surface area contributed by atoms with Gasteiger partial charge in [0.1, 0.15) is 0 Å². The molecular weight excluding hydrogens is 356 g/mol. The highest BCUT2D eigenvalue weighted by Crippen LogP contribution is 2.33. The third kappa shape index (κ3) is 5.87. The molecule has 0 spiro atoms. The summed E-state index contributed by atoms with van der Waals surface area (Å²) in [7, 11) is 1.87. The third-order valence-corrected chi connectivity index (χ3v) is 6.90. The molecule has 0 aromatic heterocycles. The first-order chi connectivity index (χ1) is 13.2. The van der Waals surface area contributed by atoms with Crippen LogP contribution in [0.25, 0.3) is 0 Å². The van der Waals surface area contributed by atoms with Crippen LogP contribution in [0.3, 0.4) is 0 Å². The molecule has 2 atom stereocenters. The van der Waals surface area contributed by atoms with E-state index in [2.05, 4.69) is 69.5 Å². The lowest BCUT2D eigenvalue weighted by Gasteiger charge is -2.43. The van der Waals surface area contributed by atoms with Gasteiger partial charge in [-0.1, -0.05) is 30.3 Å². The van der Waals surface area contributed by atoms with Crippen molar-refractivity contribution in [3.63, 3.8) is 0 Å². The van der Waals surface area contributed by atoms with Gasteiger partial charge in [0, 0.05) is 44.0 Å². The fourth-order valence-corrected chi connectivity index (χ4v) is 5.39. The molecular formula is C21H34N4OS. The summed E-state index contributed by atoms with van der Waals surface area (Å²) in [6.45, 7) is 6.99. The van der Waals surface area contributed by atoms with Gasteiger partial charge in [0.15, 0.2) is 5.96 Å². The maximum atomic E-state index is 5.56. The van der Waals surface area contributed by atoms with E-state index in [0.717, 1.165) is 51.6 Å². The summed E-state index contributed by atoms with van der Waals surface area (Å²) >= 11 is 2.07. The maximum absolute atomic E-state index is 5.56. The van der Waals surface area contributed by atoms with Crippen molar-refractivity contribution in [2.75, 3.05) is 51.4 Å². The molecule has 1 aromatic rings. The van der Waals surface area contributed by atoms with Crippen LogP contribution in [0.15, 0.2) is 35.3 Å². The average molecular weight is 391 g/mol. The second kappa shape index (κ2) is 10.3. The van der Waals surface area contributed by atoms with Gasteiger partial charge >= 0.3 is 0 Å². The SMILES string of the molecule is CN=C(NCC1(N2CCOCC2)CCSC1)NC(C)CCc1ccccc1. The maximum Gasteiger partial charge on any atom is 0.191 e. The molecule has 0 radical (unpaired) electrons. The van der Waals surface area contributed by atoms with Crippen molar-refractivity contribution in [3.05, 3.63) is 35.9 Å². The minimum absolute atomic E-state index is 0.235. The van der Waals surface area contributed by atoms with Gasteiger partial charge in [-0.2, -0.15) is 11.8 Å². The molecule has 0 aliphatic carbocycles. The second-order valence-corrected chi connectivity index (χ2v) is 8.73. The van der Waals surface area contributed by atoms with Gasteiger partial charge in [-0.05, 0) is 37.5 Å². The molecule has 0 bridgehead atoms. The topological polar surface area (TPSA) is 48.9 Å². The van der Waals surface area contributed by atoms with Crippen LogP contribution in [-0.2, 0) is 11.2 Å². The fourth-order valence-electron chi connectivity index (χ4n) is 3.91. The highest BCUT2D eigenvalue weighted by Gasteiger charge is 2.40. The van der Waals surface area contributed by atoms with Gasteiger partial charge < -0.3 is 15.4 Å². The molecule has 2 N–H and O–H groups in total. The molecule has 2 aliphatic rings. The first-order valence-electron chi connectivity index (χ1n) is 10.1. The molecule has 2 saturated heterocycles. The Kier molecular flexibility index (Phi) is 7.85. The molecule has 6 heteroatoms. The van der Waals surface area contributed by atoms with Gasteiger partial charge in [-0.3, -0.25) is 9.89 Å². The smallest absolute Gasteiger partial charge is 0.191 e. The average Bonchev–Trinajstić information content (AvgIpc) is 3.21. The van der Waals surface area contributed by atoms with Crippen LogP contribution in [0.1, 0.15) is 25.3 Å². The Balaban J connectivity index is 1.48. The molecule has 150 valence electrons. The monoisotopic (exact) mass is 390 g/mol. The van der Waals surface area contributed by atoms with E-state index in [1.165, 1.54) is 23.5 Å². The van der Waals surface area contributed by atoms with Crippen LogP contribution in [0, 0.1) is 0 Å². The Morgan fingerprint density at radius 2 is 2.07 bits per heavy atom. The summed E-state index contributed by atoms with van der Waals surface area (Å²) in [5.41, 5.74) is 1.63. The quantitative estimate of drug-likeness (QED) is 0.553. The van der Waals surface area contributed by atoms with Gasteiger partial charge in [-0.25, -0.2) is 0 Å². The van der Waals surface area contributed by atoms with Crippen molar-refractivity contribution in [2.45, 2.75) is 37.8 Å². The number of ether oxygens (including phenoxy) is 1. The normalized spacial score (nSPS) is 25.3. The number of nitrogens with one attached hydrogen (secondary N) is 2. The molecule has 1 aromatic carbocycles. The standard InChI is InChI=1S/C21H34N4OS/c1-18(8-9-19-6-4-3-5-7-19)24-20(22-2)23-16-21(10-15-27-17-21)25-11-13-26-14-12-25/h3-7,18H,8-17H2,1-2H3,(H2,22,23,24). The number of morpholine rings is 1. The molecule has 2 heterocycles. The predicted octanol–water partition coefficient (Wildman–Crippen LogP) is 2.38. The van der Waals surface area contributed by atoms with E-state index in [-0.39, 0.29) is 5.54 Å². The van der Waals surface area contributed by atoms with Gasteiger partial charge in [0.05, 0.1) is 13.2 Å². The molecule has 27 heavy (non-hydrogen) atoms. The molecule has 0 saturated carbocycles. The summed E-state index contributed by atoms with van der Waals surface area (Å²) in [5.74, 6) is 3.36. The molecule has 0 amide bonds. The van der Waals surface area contributed by atoms with Crippen molar-refractivity contribution < 1.29 is 4.74 Å². The first kappa shape index (κ1) is 20.5. The number of hydrogen-bond acceptors (Lipinski definition) is 4. The Hall–Kier alpha value is -1.24. The van der Waals surface area contributed by atoms with Crippen molar-refractivity contribution in [2.24, 2.45) is 4.99 Å². The molecule has 2 unspecified atom stereocenters. The van der Waals surface area contributed by atoms with Crippen LogP contribution in [0.2, 0.25) is 0 Å². The van der Waals surface area contributed by atoms with Crippen molar-refractivity contribution in [1.29, 1.82) is 0 Å². The largest absolute Gasteiger partial charge is 0.379 e. The number of hydrogen-bond donors (Lipinski definition) is 2. The van der Waals surface area contributed by atoms with Crippen molar-refractivity contribution in [3.8, 4) is 0 Å². The highest BCUT2D eigenvalue weighted by atomic mass is 32.2. The Morgan fingerprint density at radius 3 is 2.74 bits per heavy atom. The fraction of sp³-hybridized carbons (Fsp3) is 0.667. The van der Waals surface area contributed by atoms with Crippen LogP contribution >= 0.6 is 11.8 Å². The summed E-state index contributed by atoms with van der Waals surface area (Å²) in [5, 5.41) is 7.19. The lowest BCUT2D eigenvalue weighted by atomic mass is 9.95. The summed E-state index contributed by atoms with van der Waals surface area (Å²) in [6.07, 6.45) is 3.42. The van der Waals surface area contributed by atoms with Crippen LogP contribution in [-0.4, -0.2) is 73.8 Å². The van der Waals surface area contributed by atoms with E-state index >= 15 is 0 Å². The van der Waals surface area contributed by atoms with Crippen LogP contribution in [0.5, 0.6) is 0 Å². The zero-order valence-corrected chi connectivity index (χ0v) is 17.6. The van der Waals surface area contributed by atoms with E-state index in [9.17, 15) is 0 Å². The first-order valence-corrected chi connectivity index (χ1v) is 11.3. The number of aliphatic imine (C=N–C) groups is 1. The molecule has 3 rings (SSSR count). The Morgan fingerprint density at radius 1 is 1.30 bits per heavy atom. The number of guanidine groups is 1. The Labute approximate surface area is 168 Å². The van der Waals surface area contributed by atoms with E-state index < -0.39 is 0 Å². The van der Waals surface area contributed by atoms with E-state index in [4.69, 9.17) is 4.74 Å². The van der Waals surface area contributed by atoms with E-state index in [1.807, 2.05) is 7.05 Å². The minimum Gasteiger partial charge on any atom is -0.379 e. The van der Waals surface area contributed by atoms with Crippen molar-refractivity contribution >= 4 is 17.7 Å². The van der Waals surface area contributed by atoms with Gasteiger partial charge in [-0.15, -0.1) is 0 Å². The Bertz CT molecular complexity index is 583. The van der Waals surface area contributed by atoms with E-state index in [1.54, 1.807) is 0 Å². The second-order valence-electron chi connectivity index (χ2n) is 7.62. The molecule has 2 aliphatic heterocycles. The molecule has 2 fully saturated rings. The van der Waals surface area contributed by atoms with Gasteiger partial charge in [0.25, 0.3) is 0 Å². The summed E-state index contributed by atoms with van der Waals surface area (Å²) in [4.78, 5) is 7.10. The van der Waals surface area contributed by atoms with Gasteiger partial charge in [0.2, 0.25) is 0 Å². The number of benzene rings is 1. The number of nitrogens with zero attached hydrogens (tertiary/aromatic N) is 2. The summed E-state index contributed by atoms with van der Waals surface area (Å²) < 4.78 is 5.56. The number of aryl methyl sites for hydroxylation is 1. The van der Waals surface area contributed by atoms with Crippen LogP contribution < -0.4 is 10.6 Å². The zero-order valence-electron chi connectivity index (χ0n) is 16.7. The minimum atomic E-state index is 0.235. The number of rotatable bonds is 7. The summed E-state index contributed by atoms with van der Waals surface area (Å²) in [6, 6.07) is 11.1. The van der Waals surface area contributed by atoms with Crippen molar-refractivity contribution in [1.82, 2.24) is 15.5 Å². The van der Waals surface area contributed by atoms with E-state index in [0.29, 0.717) is 6.04 Å². The number of thioether (sulfide) groups is 1. The predicted molar refractivity (Wildman–Crippen MR) is 116 cm³/mol. The molecule has 5 nitrogen and oxygen atoms in total. The van der Waals surface area contributed by atoms with Crippen LogP contribution in [0.4, 0.5) is 0 Å². The lowest BCUT2D eigenvalue weighted by molar-refractivity contribution is -0.0120. The zero-order chi connectivity index (χ0) is 19.0. The lowest BCUT2D eigenvalue weighted by Crippen LogP contribution is -2.60. The highest BCUT2D eigenvalue weighted by molar-refractivity contribution is 7.99. The third-order valence-electron chi connectivity index (χ3n) is 5.66.